The van der Waals surface area contributed by atoms with Crippen LogP contribution < -0.4 is 0 Å². The molecule has 1 nitrogen and oxygen atoms in total. The summed E-state index contributed by atoms with van der Waals surface area (Å²) in [5.74, 6) is 2.52. The molecule has 0 bridgehead atoms. The highest BCUT2D eigenvalue weighted by molar-refractivity contribution is 5.58. The van der Waals surface area contributed by atoms with Crippen LogP contribution in [0.1, 0.15) is 11.1 Å². The van der Waals surface area contributed by atoms with Crippen LogP contribution in [0.15, 0.2) is 24.3 Å². The molecule has 1 rings (SSSR count). The Hall–Kier alpha value is -1.55. The summed E-state index contributed by atoms with van der Waals surface area (Å²) in [4.78, 5) is 10.2. The van der Waals surface area contributed by atoms with Crippen LogP contribution >= 0.6 is 0 Å². The van der Waals surface area contributed by atoms with Crippen molar-refractivity contribution < 1.29 is 4.79 Å². The van der Waals surface area contributed by atoms with E-state index < -0.39 is 0 Å². The number of carbonyl (C=O) groups excluding carboxylic acids is 1. The third-order valence-corrected chi connectivity index (χ3v) is 1.48. The molecule has 0 aromatic heterocycles. The lowest BCUT2D eigenvalue weighted by Crippen LogP contribution is -1.89. The van der Waals surface area contributed by atoms with Crippen LogP contribution in [-0.4, -0.2) is 6.29 Å². The summed E-state index contributed by atoms with van der Waals surface area (Å²) in [5, 5.41) is 0. The number of benzene rings is 1. The first kappa shape index (κ1) is 7.56. The summed E-state index contributed by atoms with van der Waals surface area (Å²) < 4.78 is 0. The average molecular weight is 144 g/mol. The molecule has 0 saturated carbocycles. The summed E-state index contributed by atoms with van der Waals surface area (Å²) >= 11 is 0. The van der Waals surface area contributed by atoms with Gasteiger partial charge in [-0.15, -0.1) is 6.42 Å². The van der Waals surface area contributed by atoms with Crippen molar-refractivity contribution in [2.75, 3.05) is 0 Å². The minimum absolute atomic E-state index is 0.403. The second kappa shape index (κ2) is 3.58. The highest BCUT2D eigenvalue weighted by atomic mass is 16.1. The molecule has 1 aromatic rings. The quantitative estimate of drug-likeness (QED) is 0.453. The molecule has 1 aromatic carbocycles. The minimum Gasteiger partial charge on any atom is -0.303 e. The fourth-order valence-electron chi connectivity index (χ4n) is 0.929. The smallest absolute Gasteiger partial charge is 0.124 e. The SMILES string of the molecule is C#Cc1ccccc1CC=O. The molecule has 0 aliphatic heterocycles. The molecule has 1 heteroatoms. The number of hydrogen-bond donors (Lipinski definition) is 0. The van der Waals surface area contributed by atoms with Crippen molar-refractivity contribution in [3.63, 3.8) is 0 Å². The fourth-order valence-corrected chi connectivity index (χ4v) is 0.929. The molecule has 0 radical (unpaired) electrons. The first-order chi connectivity index (χ1) is 5.38. The van der Waals surface area contributed by atoms with Crippen molar-refractivity contribution >= 4 is 6.29 Å². The Kier molecular flexibility index (Phi) is 2.46. The number of terminal acetylenes is 1. The van der Waals surface area contributed by atoms with E-state index in [1.54, 1.807) is 0 Å². The van der Waals surface area contributed by atoms with Gasteiger partial charge >= 0.3 is 0 Å². The van der Waals surface area contributed by atoms with Crippen LogP contribution in [0.25, 0.3) is 0 Å². The third kappa shape index (κ3) is 1.68. The van der Waals surface area contributed by atoms with Gasteiger partial charge in [0.15, 0.2) is 0 Å². The molecule has 54 valence electrons. The van der Waals surface area contributed by atoms with Gasteiger partial charge in [-0.25, -0.2) is 0 Å². The zero-order valence-electron chi connectivity index (χ0n) is 6.08. The average Bonchev–Trinajstić information content (AvgIpc) is 2.06. The van der Waals surface area contributed by atoms with E-state index >= 15 is 0 Å². The van der Waals surface area contributed by atoms with E-state index in [2.05, 4.69) is 5.92 Å². The predicted octanol–water partition coefficient (Wildman–Crippen LogP) is 1.41. The summed E-state index contributed by atoms with van der Waals surface area (Å²) in [7, 11) is 0. The first-order valence-corrected chi connectivity index (χ1v) is 3.36. The zero-order chi connectivity index (χ0) is 8.10. The van der Waals surface area contributed by atoms with E-state index in [-0.39, 0.29) is 0 Å². The van der Waals surface area contributed by atoms with E-state index in [4.69, 9.17) is 6.42 Å². The van der Waals surface area contributed by atoms with Crippen LogP contribution in [0, 0.1) is 12.3 Å². The molecule has 0 heterocycles. The normalized spacial score (nSPS) is 8.64. The molecular formula is C10H8O. The Balaban J connectivity index is 3.04. The highest BCUT2D eigenvalue weighted by Crippen LogP contribution is 2.06. The Labute approximate surface area is 66.1 Å². The number of carbonyl (C=O) groups is 1. The van der Waals surface area contributed by atoms with Crippen LogP contribution in [0.3, 0.4) is 0 Å². The van der Waals surface area contributed by atoms with E-state index in [0.717, 1.165) is 17.4 Å². The van der Waals surface area contributed by atoms with Gasteiger partial charge in [0.1, 0.15) is 6.29 Å². The van der Waals surface area contributed by atoms with E-state index in [0.29, 0.717) is 6.42 Å². The van der Waals surface area contributed by atoms with Crippen molar-refractivity contribution in [3.05, 3.63) is 35.4 Å². The van der Waals surface area contributed by atoms with Gasteiger partial charge in [-0.3, -0.25) is 0 Å². The number of aldehydes is 1. The van der Waals surface area contributed by atoms with Gasteiger partial charge in [0.05, 0.1) is 0 Å². The Morgan fingerprint density at radius 2 is 2.18 bits per heavy atom. The Morgan fingerprint density at radius 3 is 2.82 bits per heavy atom. The van der Waals surface area contributed by atoms with Crippen molar-refractivity contribution in [1.82, 2.24) is 0 Å². The molecule has 0 aliphatic rings. The maximum Gasteiger partial charge on any atom is 0.124 e. The molecule has 0 fully saturated rings. The lowest BCUT2D eigenvalue weighted by molar-refractivity contribution is -0.107. The predicted molar refractivity (Wildman–Crippen MR) is 44.1 cm³/mol. The topological polar surface area (TPSA) is 17.1 Å². The monoisotopic (exact) mass is 144 g/mol. The highest BCUT2D eigenvalue weighted by Gasteiger charge is 1.95. The Morgan fingerprint density at radius 1 is 1.45 bits per heavy atom. The van der Waals surface area contributed by atoms with Crippen LogP contribution in [0.2, 0.25) is 0 Å². The maximum absolute atomic E-state index is 10.2. The molecule has 11 heavy (non-hydrogen) atoms. The van der Waals surface area contributed by atoms with Crippen molar-refractivity contribution in [3.8, 4) is 12.3 Å². The van der Waals surface area contributed by atoms with Gasteiger partial charge in [0.25, 0.3) is 0 Å². The van der Waals surface area contributed by atoms with Crippen molar-refractivity contribution in [2.24, 2.45) is 0 Å². The molecule has 0 amide bonds. The third-order valence-electron chi connectivity index (χ3n) is 1.48. The number of rotatable bonds is 2. The minimum atomic E-state index is 0.403. The Bertz CT molecular complexity index is 294. The summed E-state index contributed by atoms with van der Waals surface area (Å²) in [5.41, 5.74) is 1.73. The van der Waals surface area contributed by atoms with Gasteiger partial charge in [0, 0.05) is 12.0 Å². The fraction of sp³-hybridized carbons (Fsp3) is 0.100. The van der Waals surface area contributed by atoms with Crippen molar-refractivity contribution in [1.29, 1.82) is 0 Å². The zero-order valence-corrected chi connectivity index (χ0v) is 6.08. The largest absolute Gasteiger partial charge is 0.303 e. The first-order valence-electron chi connectivity index (χ1n) is 3.36. The molecule has 0 saturated heterocycles. The summed E-state index contributed by atoms with van der Waals surface area (Å²) in [6.07, 6.45) is 6.48. The van der Waals surface area contributed by atoms with E-state index in [9.17, 15) is 4.79 Å². The van der Waals surface area contributed by atoms with Gasteiger partial charge in [-0.05, 0) is 11.6 Å². The van der Waals surface area contributed by atoms with Gasteiger partial charge in [0.2, 0.25) is 0 Å². The molecule has 0 aliphatic carbocycles. The lowest BCUT2D eigenvalue weighted by atomic mass is 10.1. The second-order valence-electron chi connectivity index (χ2n) is 2.17. The molecule has 0 spiro atoms. The maximum atomic E-state index is 10.2. The molecule has 0 unspecified atom stereocenters. The molecular weight excluding hydrogens is 136 g/mol. The van der Waals surface area contributed by atoms with Gasteiger partial charge < -0.3 is 4.79 Å². The van der Waals surface area contributed by atoms with Gasteiger partial charge in [-0.2, -0.15) is 0 Å². The lowest BCUT2D eigenvalue weighted by Gasteiger charge is -1.97. The van der Waals surface area contributed by atoms with Crippen LogP contribution in [-0.2, 0) is 11.2 Å². The summed E-state index contributed by atoms with van der Waals surface area (Å²) in [6, 6.07) is 7.44. The van der Waals surface area contributed by atoms with Crippen molar-refractivity contribution in [2.45, 2.75) is 6.42 Å². The van der Waals surface area contributed by atoms with Crippen LogP contribution in [0.4, 0.5) is 0 Å². The molecule has 0 N–H and O–H groups in total. The van der Waals surface area contributed by atoms with E-state index in [1.807, 2.05) is 24.3 Å². The van der Waals surface area contributed by atoms with Crippen LogP contribution in [0.5, 0.6) is 0 Å². The standard InChI is InChI=1S/C10H8O/c1-2-9-5-3-4-6-10(9)7-8-11/h1,3-6,8H,7H2. The van der Waals surface area contributed by atoms with Gasteiger partial charge in [-0.1, -0.05) is 24.1 Å². The molecule has 0 atom stereocenters. The second-order valence-corrected chi connectivity index (χ2v) is 2.17. The van der Waals surface area contributed by atoms with E-state index in [1.165, 1.54) is 0 Å². The number of hydrogen-bond acceptors (Lipinski definition) is 1. The summed E-state index contributed by atoms with van der Waals surface area (Å²) in [6.45, 7) is 0.